The number of carbonyl (C=O) groups is 5. The molecule has 43 heavy (non-hydrogen) atoms. The second-order valence-corrected chi connectivity index (χ2v) is 12.8. The van der Waals surface area contributed by atoms with Crippen molar-refractivity contribution in [2.45, 2.75) is 122 Å². The van der Waals surface area contributed by atoms with Crippen LogP contribution in [0.25, 0.3) is 0 Å². The number of hydrogen-bond acceptors (Lipinski definition) is 6. The van der Waals surface area contributed by atoms with Crippen LogP contribution in [0.5, 0.6) is 0 Å². The molecule has 0 bridgehead atoms. The van der Waals surface area contributed by atoms with Gasteiger partial charge in [-0.05, 0) is 71.1 Å². The third-order valence-corrected chi connectivity index (χ3v) is 9.33. The molecule has 0 spiro atoms. The molecule has 10 nitrogen and oxygen atoms in total. The van der Waals surface area contributed by atoms with Gasteiger partial charge >= 0.3 is 6.09 Å². The van der Waals surface area contributed by atoms with Crippen molar-refractivity contribution in [1.82, 2.24) is 20.9 Å². The Balaban J connectivity index is 1.88. The van der Waals surface area contributed by atoms with E-state index >= 15 is 0 Å². The first kappa shape index (κ1) is 34.1. The van der Waals surface area contributed by atoms with Crippen molar-refractivity contribution in [1.29, 1.82) is 0 Å². The Bertz CT molecular complexity index is 1070. The minimum atomic E-state index is -1.05. The van der Waals surface area contributed by atoms with Crippen LogP contribution in [0.2, 0.25) is 0 Å². The standard InChI is InChI=1S/C33H50N4O6/c1-6-14-25(28(38)30(40)34-20-7-2)35-29(39)27-24(33(4,5)8-3)19-21-37(27)31(41)26(22-15-10-9-11-16-22)36-32(42)43-23-17-12-13-18-23/h3,7,22-27H,2,6,9-21H2,1,4-5H3,(H,34,40)(H,35,39)(H,36,42)/t24-,25?,26-,27-/m0/s1. The monoisotopic (exact) mass is 598 g/mol. The van der Waals surface area contributed by atoms with Crippen LogP contribution in [0, 0.1) is 29.6 Å². The lowest BCUT2D eigenvalue weighted by Gasteiger charge is -2.37. The van der Waals surface area contributed by atoms with Crippen molar-refractivity contribution in [2.24, 2.45) is 17.3 Å². The summed E-state index contributed by atoms with van der Waals surface area (Å²) in [5.41, 5.74) is -0.738. The molecule has 3 aliphatic rings. The largest absolute Gasteiger partial charge is 0.446 e. The van der Waals surface area contributed by atoms with Crippen LogP contribution < -0.4 is 16.0 Å². The number of ketones is 1. The molecule has 1 unspecified atom stereocenters. The lowest BCUT2D eigenvalue weighted by Crippen LogP contribution is -2.60. The molecule has 3 N–H and O–H groups in total. The van der Waals surface area contributed by atoms with Crippen LogP contribution in [0.15, 0.2) is 12.7 Å². The molecule has 1 aliphatic heterocycles. The van der Waals surface area contributed by atoms with E-state index in [0.717, 1.165) is 57.8 Å². The molecule has 4 atom stereocenters. The maximum absolute atomic E-state index is 14.3. The summed E-state index contributed by atoms with van der Waals surface area (Å²) >= 11 is 0. The molecule has 1 saturated heterocycles. The molecule has 3 fully saturated rings. The fourth-order valence-electron chi connectivity index (χ4n) is 6.80. The summed E-state index contributed by atoms with van der Waals surface area (Å²) in [6.07, 6.45) is 16.1. The molecule has 0 aromatic heterocycles. The van der Waals surface area contributed by atoms with Crippen molar-refractivity contribution in [3.63, 3.8) is 0 Å². The van der Waals surface area contributed by atoms with Crippen LogP contribution in [0.4, 0.5) is 4.79 Å². The number of ether oxygens (including phenoxy) is 1. The minimum Gasteiger partial charge on any atom is -0.446 e. The summed E-state index contributed by atoms with van der Waals surface area (Å²) in [6.45, 7) is 9.53. The molecule has 2 aliphatic carbocycles. The Morgan fingerprint density at radius 2 is 1.67 bits per heavy atom. The van der Waals surface area contributed by atoms with Gasteiger partial charge < -0.3 is 25.6 Å². The first-order valence-corrected chi connectivity index (χ1v) is 16.0. The summed E-state index contributed by atoms with van der Waals surface area (Å²) in [6, 6.07) is -2.86. The van der Waals surface area contributed by atoms with Crippen LogP contribution in [0.1, 0.15) is 97.8 Å². The lowest BCUT2D eigenvalue weighted by atomic mass is 9.75. The summed E-state index contributed by atoms with van der Waals surface area (Å²) in [5.74, 6) is -0.117. The van der Waals surface area contributed by atoms with Gasteiger partial charge in [-0.15, -0.1) is 18.9 Å². The fraction of sp³-hybridized carbons (Fsp3) is 0.727. The van der Waals surface area contributed by atoms with E-state index in [0.29, 0.717) is 12.8 Å². The van der Waals surface area contributed by atoms with Crippen LogP contribution in [-0.4, -0.2) is 71.8 Å². The highest BCUT2D eigenvalue weighted by Crippen LogP contribution is 2.40. The number of terminal acetylenes is 1. The van der Waals surface area contributed by atoms with Crippen molar-refractivity contribution in [3.05, 3.63) is 12.7 Å². The number of Topliss-reactive ketones (excluding diaryl/α,β-unsaturated/α-hetero) is 1. The Kier molecular flexibility index (Phi) is 12.6. The second kappa shape index (κ2) is 15.9. The zero-order chi connectivity index (χ0) is 31.6. The molecule has 1 heterocycles. The number of likely N-dealkylation sites (tertiary alicyclic amines) is 1. The van der Waals surface area contributed by atoms with Gasteiger partial charge in [0.2, 0.25) is 17.6 Å². The number of carbonyl (C=O) groups excluding carboxylic acids is 5. The fourth-order valence-corrected chi connectivity index (χ4v) is 6.80. The smallest absolute Gasteiger partial charge is 0.408 e. The molecule has 0 aromatic carbocycles. The number of nitrogens with zero attached hydrogens (tertiary/aromatic N) is 1. The highest BCUT2D eigenvalue weighted by Gasteiger charge is 2.50. The van der Waals surface area contributed by atoms with Gasteiger partial charge in [-0.2, -0.15) is 0 Å². The molecular weight excluding hydrogens is 548 g/mol. The number of alkyl carbamates (subject to hydrolysis) is 1. The molecular formula is C33H50N4O6. The van der Waals surface area contributed by atoms with Crippen LogP contribution in [-0.2, 0) is 23.9 Å². The number of amides is 4. The summed E-state index contributed by atoms with van der Waals surface area (Å²) < 4.78 is 5.66. The summed E-state index contributed by atoms with van der Waals surface area (Å²) in [4.78, 5) is 68.3. The maximum Gasteiger partial charge on any atom is 0.408 e. The van der Waals surface area contributed by atoms with E-state index in [9.17, 15) is 24.0 Å². The number of hydrogen-bond donors (Lipinski definition) is 3. The van der Waals surface area contributed by atoms with Gasteiger partial charge in [0.1, 0.15) is 18.2 Å². The molecule has 3 rings (SSSR count). The van der Waals surface area contributed by atoms with E-state index in [-0.39, 0.29) is 37.4 Å². The topological polar surface area (TPSA) is 134 Å². The molecule has 2 saturated carbocycles. The third-order valence-electron chi connectivity index (χ3n) is 9.33. The average Bonchev–Trinajstić information content (AvgIpc) is 3.69. The third kappa shape index (κ3) is 8.84. The first-order valence-electron chi connectivity index (χ1n) is 16.0. The lowest BCUT2D eigenvalue weighted by molar-refractivity contribution is -0.144. The van der Waals surface area contributed by atoms with E-state index in [1.54, 1.807) is 0 Å². The van der Waals surface area contributed by atoms with Crippen LogP contribution >= 0.6 is 0 Å². The Labute approximate surface area is 256 Å². The normalized spacial score (nSPS) is 22.6. The average molecular weight is 599 g/mol. The summed E-state index contributed by atoms with van der Waals surface area (Å²) in [7, 11) is 0. The van der Waals surface area contributed by atoms with E-state index in [2.05, 4.69) is 28.4 Å². The predicted molar refractivity (Wildman–Crippen MR) is 164 cm³/mol. The quantitative estimate of drug-likeness (QED) is 0.168. The first-order chi connectivity index (χ1) is 20.5. The van der Waals surface area contributed by atoms with Gasteiger partial charge in [0.05, 0.1) is 6.04 Å². The van der Waals surface area contributed by atoms with Gasteiger partial charge in [0.25, 0.3) is 5.91 Å². The van der Waals surface area contributed by atoms with Crippen molar-refractivity contribution >= 4 is 29.6 Å². The molecule has 0 radical (unpaired) electrons. The maximum atomic E-state index is 14.3. The number of rotatable bonds is 13. The molecule has 4 amide bonds. The van der Waals surface area contributed by atoms with E-state index in [4.69, 9.17) is 11.2 Å². The highest BCUT2D eigenvalue weighted by molar-refractivity contribution is 6.38. The van der Waals surface area contributed by atoms with Crippen LogP contribution in [0.3, 0.4) is 0 Å². The van der Waals surface area contributed by atoms with Gasteiger partial charge in [0, 0.05) is 24.4 Å². The Hall–Kier alpha value is -3.35. The van der Waals surface area contributed by atoms with Crippen molar-refractivity contribution in [3.8, 4) is 12.3 Å². The van der Waals surface area contributed by atoms with E-state index in [1.807, 2.05) is 20.8 Å². The van der Waals surface area contributed by atoms with Crippen molar-refractivity contribution < 1.29 is 28.7 Å². The van der Waals surface area contributed by atoms with E-state index in [1.165, 1.54) is 11.0 Å². The zero-order valence-corrected chi connectivity index (χ0v) is 26.1. The minimum absolute atomic E-state index is 0.0799. The van der Waals surface area contributed by atoms with E-state index < -0.39 is 53.1 Å². The van der Waals surface area contributed by atoms with Crippen molar-refractivity contribution in [2.75, 3.05) is 13.1 Å². The number of nitrogens with one attached hydrogen (secondary N) is 3. The van der Waals surface area contributed by atoms with Gasteiger partial charge in [-0.1, -0.05) is 38.7 Å². The zero-order valence-electron chi connectivity index (χ0n) is 26.1. The molecule has 238 valence electrons. The molecule has 0 aromatic rings. The van der Waals surface area contributed by atoms with Gasteiger partial charge in [0.15, 0.2) is 0 Å². The highest BCUT2D eigenvalue weighted by atomic mass is 16.6. The Morgan fingerprint density at radius 1 is 1.02 bits per heavy atom. The predicted octanol–water partition coefficient (Wildman–Crippen LogP) is 3.64. The summed E-state index contributed by atoms with van der Waals surface area (Å²) in [5, 5.41) is 8.15. The van der Waals surface area contributed by atoms with Gasteiger partial charge in [-0.3, -0.25) is 19.2 Å². The Morgan fingerprint density at radius 3 is 2.28 bits per heavy atom. The molecule has 10 heteroatoms. The second-order valence-electron chi connectivity index (χ2n) is 12.8. The SMILES string of the molecule is C#CC(C)(C)[C@H]1CCN(C(=O)[C@@H](NC(=O)OC2CCCC2)C2CCCCC2)[C@@H]1C(=O)NC(CCC)C(=O)C(=O)NCC=C. The van der Waals surface area contributed by atoms with Gasteiger partial charge in [-0.25, -0.2) is 4.79 Å².